The molecular formula is C22H24N4O2S. The smallest absolute Gasteiger partial charge is 0.247 e. The van der Waals surface area contributed by atoms with E-state index in [-0.39, 0.29) is 23.8 Å². The molecule has 150 valence electrons. The van der Waals surface area contributed by atoms with Crippen molar-refractivity contribution in [1.29, 1.82) is 0 Å². The van der Waals surface area contributed by atoms with E-state index in [1.54, 1.807) is 16.2 Å². The molecule has 1 aromatic heterocycles. The Morgan fingerprint density at radius 1 is 1.28 bits per heavy atom. The molecule has 1 saturated heterocycles. The highest BCUT2D eigenvalue weighted by Gasteiger charge is 2.32. The molecule has 2 amide bonds. The first-order valence-electron chi connectivity index (χ1n) is 9.79. The van der Waals surface area contributed by atoms with Crippen molar-refractivity contribution in [2.75, 3.05) is 11.9 Å². The van der Waals surface area contributed by atoms with E-state index < -0.39 is 0 Å². The first-order valence-corrected chi connectivity index (χ1v) is 10.7. The zero-order valence-electron chi connectivity index (χ0n) is 16.3. The van der Waals surface area contributed by atoms with Crippen LogP contribution in [0.5, 0.6) is 0 Å². The minimum atomic E-state index is -0.375. The van der Waals surface area contributed by atoms with Gasteiger partial charge in [-0.25, -0.2) is 4.98 Å². The molecule has 1 aromatic carbocycles. The van der Waals surface area contributed by atoms with Gasteiger partial charge in [-0.1, -0.05) is 12.2 Å². The molecule has 2 heterocycles. The fourth-order valence-electron chi connectivity index (χ4n) is 3.78. The van der Waals surface area contributed by atoms with Crippen LogP contribution in [0.25, 0.3) is 10.6 Å². The number of thiazole rings is 1. The number of benzene rings is 1. The summed E-state index contributed by atoms with van der Waals surface area (Å²) < 4.78 is 0. The van der Waals surface area contributed by atoms with Crippen LogP contribution in [0.1, 0.15) is 37.8 Å². The Hall–Kier alpha value is -2.93. The van der Waals surface area contributed by atoms with Gasteiger partial charge in [-0.05, 0) is 49.6 Å². The Morgan fingerprint density at radius 3 is 2.76 bits per heavy atom. The van der Waals surface area contributed by atoms with Gasteiger partial charge in [0.2, 0.25) is 11.8 Å². The molecule has 2 aromatic rings. The molecule has 0 bridgehead atoms. The van der Waals surface area contributed by atoms with E-state index in [0.29, 0.717) is 13.0 Å². The summed E-state index contributed by atoms with van der Waals surface area (Å²) in [6.45, 7) is 2.16. The highest BCUT2D eigenvalue weighted by atomic mass is 32.1. The number of anilines is 1. The van der Waals surface area contributed by atoms with Crippen molar-refractivity contribution in [3.8, 4) is 10.6 Å². The van der Waals surface area contributed by atoms with Crippen LogP contribution in [0.3, 0.4) is 0 Å². The minimum absolute atomic E-state index is 0.0523. The van der Waals surface area contributed by atoms with E-state index >= 15 is 0 Å². The highest BCUT2D eigenvalue weighted by Crippen LogP contribution is 2.31. The number of carbonyl (C=O) groups excluding carboxylic acids is 2. The molecule has 0 radical (unpaired) electrons. The van der Waals surface area contributed by atoms with Gasteiger partial charge in [0.25, 0.3) is 0 Å². The van der Waals surface area contributed by atoms with Crippen LogP contribution in [-0.2, 0) is 9.59 Å². The number of rotatable bonds is 4. The molecule has 29 heavy (non-hydrogen) atoms. The first-order chi connectivity index (χ1) is 14.0. The van der Waals surface area contributed by atoms with E-state index in [9.17, 15) is 9.59 Å². The molecule has 0 saturated carbocycles. The second-order valence-electron chi connectivity index (χ2n) is 7.42. The van der Waals surface area contributed by atoms with Crippen LogP contribution in [0.4, 0.5) is 5.69 Å². The summed E-state index contributed by atoms with van der Waals surface area (Å²) in [6.07, 6.45) is 8.50. The SMILES string of the molecule is CC(=O)N1CCC[C@H]1C(=O)Nc1ccc(-c2nc(C3C=CC(N)=CC3)cs2)cc1. The van der Waals surface area contributed by atoms with Gasteiger partial charge in [0.05, 0.1) is 5.69 Å². The Balaban J connectivity index is 1.41. The predicted octanol–water partition coefficient (Wildman–Crippen LogP) is 3.65. The van der Waals surface area contributed by atoms with Crippen LogP contribution in [0, 0.1) is 0 Å². The molecular weight excluding hydrogens is 384 g/mol. The average molecular weight is 409 g/mol. The number of likely N-dealkylation sites (tertiary alicyclic amines) is 1. The topological polar surface area (TPSA) is 88.3 Å². The number of aromatic nitrogens is 1. The Morgan fingerprint density at radius 2 is 2.07 bits per heavy atom. The molecule has 3 N–H and O–H groups in total. The van der Waals surface area contributed by atoms with Crippen LogP contribution in [-0.4, -0.2) is 34.3 Å². The summed E-state index contributed by atoms with van der Waals surface area (Å²) >= 11 is 1.61. The van der Waals surface area contributed by atoms with E-state index in [0.717, 1.165) is 40.5 Å². The first kappa shape index (κ1) is 19.4. The van der Waals surface area contributed by atoms with Crippen LogP contribution < -0.4 is 11.1 Å². The van der Waals surface area contributed by atoms with Crippen molar-refractivity contribution >= 4 is 28.8 Å². The lowest BCUT2D eigenvalue weighted by Crippen LogP contribution is -2.42. The molecule has 2 atom stereocenters. The summed E-state index contributed by atoms with van der Waals surface area (Å²) in [4.78, 5) is 30.6. The van der Waals surface area contributed by atoms with Crippen LogP contribution in [0.2, 0.25) is 0 Å². The Bertz CT molecular complexity index is 977. The van der Waals surface area contributed by atoms with E-state index in [4.69, 9.17) is 10.7 Å². The fraction of sp³-hybridized carbons (Fsp3) is 0.318. The van der Waals surface area contributed by atoms with Gasteiger partial charge in [0.1, 0.15) is 11.0 Å². The van der Waals surface area contributed by atoms with Gasteiger partial charge >= 0.3 is 0 Å². The normalized spacial score (nSPS) is 21.1. The molecule has 1 aliphatic carbocycles. The monoisotopic (exact) mass is 408 g/mol. The standard InChI is InChI=1S/C22H24N4O2S/c1-14(27)26-12-2-3-20(26)21(28)24-18-10-6-16(7-11-18)22-25-19(13-29-22)15-4-8-17(23)9-5-15/h4,6-11,13,15,20H,2-3,5,12,23H2,1H3,(H,24,28)/t15?,20-/m0/s1. The van der Waals surface area contributed by atoms with Crippen molar-refractivity contribution < 1.29 is 9.59 Å². The highest BCUT2D eigenvalue weighted by molar-refractivity contribution is 7.13. The Kier molecular flexibility index (Phi) is 5.49. The lowest BCUT2D eigenvalue weighted by atomic mass is 9.97. The number of hydrogen-bond acceptors (Lipinski definition) is 5. The third-order valence-electron chi connectivity index (χ3n) is 5.39. The quantitative estimate of drug-likeness (QED) is 0.808. The van der Waals surface area contributed by atoms with Crippen LogP contribution >= 0.6 is 11.3 Å². The maximum Gasteiger partial charge on any atom is 0.247 e. The zero-order chi connectivity index (χ0) is 20.4. The maximum absolute atomic E-state index is 12.6. The molecule has 4 rings (SSSR count). The number of hydrogen-bond donors (Lipinski definition) is 2. The third kappa shape index (κ3) is 4.24. The van der Waals surface area contributed by atoms with Crippen molar-refractivity contribution in [3.05, 3.63) is 59.3 Å². The average Bonchev–Trinajstić information content (AvgIpc) is 3.39. The predicted molar refractivity (Wildman–Crippen MR) is 115 cm³/mol. The third-order valence-corrected chi connectivity index (χ3v) is 6.30. The largest absolute Gasteiger partial charge is 0.399 e. The molecule has 7 heteroatoms. The van der Waals surface area contributed by atoms with Crippen molar-refractivity contribution in [1.82, 2.24) is 9.88 Å². The summed E-state index contributed by atoms with van der Waals surface area (Å²) in [7, 11) is 0. The van der Waals surface area contributed by atoms with Crippen molar-refractivity contribution in [3.63, 3.8) is 0 Å². The number of carbonyl (C=O) groups is 2. The molecule has 6 nitrogen and oxygen atoms in total. The molecule has 2 aliphatic rings. The van der Waals surface area contributed by atoms with Gasteiger partial charge in [-0.15, -0.1) is 11.3 Å². The summed E-state index contributed by atoms with van der Waals surface area (Å²) in [5.41, 5.74) is 9.38. The molecule has 1 fully saturated rings. The Labute approximate surface area is 174 Å². The van der Waals surface area contributed by atoms with E-state index in [1.165, 1.54) is 6.92 Å². The maximum atomic E-state index is 12.6. The van der Waals surface area contributed by atoms with Gasteiger partial charge in [0.15, 0.2) is 0 Å². The fourth-order valence-corrected chi connectivity index (χ4v) is 4.67. The summed E-state index contributed by atoms with van der Waals surface area (Å²) in [6, 6.07) is 7.31. The van der Waals surface area contributed by atoms with Gasteiger partial charge in [0, 0.05) is 41.7 Å². The van der Waals surface area contributed by atoms with Crippen LogP contribution in [0.15, 0.2) is 53.6 Å². The summed E-state index contributed by atoms with van der Waals surface area (Å²) in [5.74, 6) is 0.0865. The minimum Gasteiger partial charge on any atom is -0.399 e. The molecule has 1 aliphatic heterocycles. The summed E-state index contributed by atoms with van der Waals surface area (Å²) in [5, 5.41) is 5.97. The van der Waals surface area contributed by atoms with Gasteiger partial charge < -0.3 is 16.0 Å². The van der Waals surface area contributed by atoms with E-state index in [2.05, 4.69) is 16.8 Å². The second-order valence-corrected chi connectivity index (χ2v) is 8.28. The number of nitrogens with two attached hydrogens (primary N) is 1. The second kappa shape index (κ2) is 8.21. The number of amides is 2. The zero-order valence-corrected chi connectivity index (χ0v) is 17.1. The van der Waals surface area contributed by atoms with Crippen molar-refractivity contribution in [2.45, 2.75) is 38.1 Å². The lowest BCUT2D eigenvalue weighted by molar-refractivity contribution is -0.134. The van der Waals surface area contributed by atoms with Gasteiger partial charge in [-0.2, -0.15) is 0 Å². The van der Waals surface area contributed by atoms with E-state index in [1.807, 2.05) is 36.4 Å². The molecule has 0 spiro atoms. The van der Waals surface area contributed by atoms with Gasteiger partial charge in [-0.3, -0.25) is 9.59 Å². The number of allylic oxidation sites excluding steroid dienone is 3. The lowest BCUT2D eigenvalue weighted by Gasteiger charge is -2.22. The number of nitrogens with one attached hydrogen (secondary N) is 1. The molecule has 1 unspecified atom stereocenters. The number of nitrogens with zero attached hydrogens (tertiary/aromatic N) is 2. The van der Waals surface area contributed by atoms with Crippen molar-refractivity contribution in [2.24, 2.45) is 5.73 Å².